The minimum Gasteiger partial charge on any atom is -0.261 e. The largest absolute Gasteiger partial charge is 0.261 e. The van der Waals surface area contributed by atoms with E-state index in [1.54, 1.807) is 0 Å². The maximum Gasteiger partial charge on any atom is 0.0475 e. The zero-order valence-electron chi connectivity index (χ0n) is 10.4. The van der Waals surface area contributed by atoms with Gasteiger partial charge in [-0.3, -0.25) is 4.98 Å². The van der Waals surface area contributed by atoms with E-state index in [9.17, 15) is 0 Å². The van der Waals surface area contributed by atoms with Crippen LogP contribution in [0.2, 0.25) is 0 Å². The number of rotatable bonds is 2. The summed E-state index contributed by atoms with van der Waals surface area (Å²) in [5, 5.41) is 2.61. The van der Waals surface area contributed by atoms with Gasteiger partial charge in [0, 0.05) is 17.8 Å². The van der Waals surface area contributed by atoms with Gasteiger partial charge in [-0.25, -0.2) is 0 Å². The highest BCUT2D eigenvalue weighted by Gasteiger charge is 2.11. The predicted molar refractivity (Wildman–Crippen MR) is 75.7 cm³/mol. The topological polar surface area (TPSA) is 12.9 Å². The summed E-state index contributed by atoms with van der Waals surface area (Å²) in [6.45, 7) is 2.21. The minimum absolute atomic E-state index is 0.317. The molecule has 2 aromatic carbocycles. The molecule has 0 aliphatic carbocycles. The van der Waals surface area contributed by atoms with E-state index in [1.807, 2.05) is 18.3 Å². The Morgan fingerprint density at radius 2 is 1.61 bits per heavy atom. The maximum absolute atomic E-state index is 4.46. The quantitative estimate of drug-likeness (QED) is 0.639. The average molecular weight is 233 g/mol. The van der Waals surface area contributed by atoms with Gasteiger partial charge < -0.3 is 0 Å². The molecule has 3 aromatic rings. The molecule has 0 aliphatic heterocycles. The third-order valence-corrected chi connectivity index (χ3v) is 3.42. The van der Waals surface area contributed by atoms with Crippen molar-refractivity contribution in [1.29, 1.82) is 0 Å². The first kappa shape index (κ1) is 11.0. The molecule has 1 aromatic heterocycles. The number of nitrogens with zero attached hydrogens (tertiary/aromatic N) is 1. The molecule has 3 rings (SSSR count). The molecule has 0 N–H and O–H groups in total. The van der Waals surface area contributed by atoms with Crippen molar-refractivity contribution in [2.45, 2.75) is 12.8 Å². The summed E-state index contributed by atoms with van der Waals surface area (Å²) in [7, 11) is 0. The molecular formula is C17H15N. The highest BCUT2D eigenvalue weighted by atomic mass is 14.7. The Bertz CT molecular complexity index is 653. The van der Waals surface area contributed by atoms with Gasteiger partial charge >= 0.3 is 0 Å². The molecule has 1 heterocycles. The maximum atomic E-state index is 4.46. The first-order valence-corrected chi connectivity index (χ1v) is 6.25. The molecule has 0 spiro atoms. The molecule has 1 atom stereocenters. The Hall–Kier alpha value is -2.15. The summed E-state index contributed by atoms with van der Waals surface area (Å²) in [6.07, 6.45) is 1.86. The normalized spacial score (nSPS) is 12.5. The van der Waals surface area contributed by atoms with Gasteiger partial charge in [0.2, 0.25) is 0 Å². The van der Waals surface area contributed by atoms with Gasteiger partial charge in [-0.15, -0.1) is 0 Å². The van der Waals surface area contributed by atoms with E-state index >= 15 is 0 Å². The first-order chi connectivity index (χ1) is 8.86. The van der Waals surface area contributed by atoms with E-state index < -0.39 is 0 Å². The Labute approximate surface area is 107 Å². The third-order valence-electron chi connectivity index (χ3n) is 3.42. The zero-order chi connectivity index (χ0) is 12.4. The molecule has 0 saturated carbocycles. The highest BCUT2D eigenvalue weighted by molar-refractivity contribution is 5.86. The molecule has 1 heteroatoms. The lowest BCUT2D eigenvalue weighted by molar-refractivity contribution is 0.880. The second-order valence-corrected chi connectivity index (χ2v) is 4.54. The molecule has 0 fully saturated rings. The summed E-state index contributed by atoms with van der Waals surface area (Å²) in [4.78, 5) is 4.46. The number of pyridine rings is 1. The van der Waals surface area contributed by atoms with Gasteiger partial charge in [-0.2, -0.15) is 0 Å². The van der Waals surface area contributed by atoms with E-state index in [4.69, 9.17) is 0 Å². The standard InChI is InChI=1S/C17H15N/c1-13(17-11-4-5-12-18-17)15-10-6-8-14-7-2-3-9-16(14)15/h2-13H,1H3/t13-/m0/s1. The summed E-state index contributed by atoms with van der Waals surface area (Å²) in [5.74, 6) is 0.317. The van der Waals surface area contributed by atoms with E-state index in [2.05, 4.69) is 60.4 Å². The van der Waals surface area contributed by atoms with Crippen molar-refractivity contribution in [3.05, 3.63) is 78.1 Å². The summed E-state index contributed by atoms with van der Waals surface area (Å²) >= 11 is 0. The van der Waals surface area contributed by atoms with Gasteiger partial charge in [0.1, 0.15) is 0 Å². The number of fused-ring (bicyclic) bond motifs is 1. The molecule has 1 nitrogen and oxygen atoms in total. The molecular weight excluding hydrogens is 218 g/mol. The summed E-state index contributed by atoms with van der Waals surface area (Å²) in [5.41, 5.74) is 2.46. The van der Waals surface area contributed by atoms with E-state index in [0.29, 0.717) is 5.92 Å². The number of benzene rings is 2. The van der Waals surface area contributed by atoms with Crippen molar-refractivity contribution in [1.82, 2.24) is 4.98 Å². The number of aromatic nitrogens is 1. The fourth-order valence-electron chi connectivity index (χ4n) is 2.42. The van der Waals surface area contributed by atoms with E-state index in [-0.39, 0.29) is 0 Å². The van der Waals surface area contributed by atoms with Crippen molar-refractivity contribution in [2.75, 3.05) is 0 Å². The predicted octanol–water partition coefficient (Wildman–Crippen LogP) is 4.39. The fraction of sp³-hybridized carbons (Fsp3) is 0.118. The number of hydrogen-bond acceptors (Lipinski definition) is 1. The first-order valence-electron chi connectivity index (χ1n) is 6.25. The van der Waals surface area contributed by atoms with Crippen LogP contribution in [0.5, 0.6) is 0 Å². The third kappa shape index (κ3) is 1.88. The van der Waals surface area contributed by atoms with Crippen LogP contribution >= 0.6 is 0 Å². The van der Waals surface area contributed by atoms with Crippen LogP contribution in [0.15, 0.2) is 66.9 Å². The second-order valence-electron chi connectivity index (χ2n) is 4.54. The molecule has 18 heavy (non-hydrogen) atoms. The number of hydrogen-bond donors (Lipinski definition) is 0. The lowest BCUT2D eigenvalue weighted by Crippen LogP contribution is -1.99. The van der Waals surface area contributed by atoms with Crippen LogP contribution < -0.4 is 0 Å². The summed E-state index contributed by atoms with van der Waals surface area (Å²) in [6, 6.07) is 21.1. The van der Waals surface area contributed by atoms with Crippen LogP contribution in [0.1, 0.15) is 24.1 Å². The van der Waals surface area contributed by atoms with E-state index in [1.165, 1.54) is 16.3 Å². The van der Waals surface area contributed by atoms with Gasteiger partial charge in [-0.05, 0) is 28.5 Å². The molecule has 88 valence electrons. The van der Waals surface area contributed by atoms with Gasteiger partial charge in [0.15, 0.2) is 0 Å². The molecule has 0 aliphatic rings. The van der Waals surface area contributed by atoms with Crippen LogP contribution in [0.25, 0.3) is 10.8 Å². The van der Waals surface area contributed by atoms with Crippen molar-refractivity contribution in [3.8, 4) is 0 Å². The van der Waals surface area contributed by atoms with Gasteiger partial charge in [0.25, 0.3) is 0 Å². The SMILES string of the molecule is C[C@H](c1ccccn1)c1cccc2ccccc12. The van der Waals surface area contributed by atoms with Gasteiger partial charge in [0.05, 0.1) is 0 Å². The van der Waals surface area contributed by atoms with Crippen LogP contribution in [0, 0.1) is 0 Å². The molecule has 0 bridgehead atoms. The Morgan fingerprint density at radius 3 is 2.44 bits per heavy atom. The Morgan fingerprint density at radius 1 is 0.833 bits per heavy atom. The van der Waals surface area contributed by atoms with Crippen molar-refractivity contribution in [3.63, 3.8) is 0 Å². The monoisotopic (exact) mass is 233 g/mol. The molecule has 0 amide bonds. The molecule has 0 radical (unpaired) electrons. The lowest BCUT2D eigenvalue weighted by atomic mass is 9.92. The van der Waals surface area contributed by atoms with Crippen LogP contribution in [0.4, 0.5) is 0 Å². The Kier molecular flexibility index (Phi) is 2.81. The van der Waals surface area contributed by atoms with Crippen molar-refractivity contribution < 1.29 is 0 Å². The van der Waals surface area contributed by atoms with Crippen LogP contribution in [0.3, 0.4) is 0 Å². The van der Waals surface area contributed by atoms with Crippen molar-refractivity contribution in [2.24, 2.45) is 0 Å². The smallest absolute Gasteiger partial charge is 0.0475 e. The van der Waals surface area contributed by atoms with Gasteiger partial charge in [-0.1, -0.05) is 55.5 Å². The zero-order valence-corrected chi connectivity index (χ0v) is 10.4. The lowest BCUT2D eigenvalue weighted by Gasteiger charge is -2.14. The van der Waals surface area contributed by atoms with Crippen LogP contribution in [-0.4, -0.2) is 4.98 Å². The average Bonchev–Trinajstić information content (AvgIpc) is 2.47. The van der Waals surface area contributed by atoms with E-state index in [0.717, 1.165) is 5.69 Å². The van der Waals surface area contributed by atoms with Crippen molar-refractivity contribution >= 4 is 10.8 Å². The minimum atomic E-state index is 0.317. The van der Waals surface area contributed by atoms with Crippen LogP contribution in [-0.2, 0) is 0 Å². The fourth-order valence-corrected chi connectivity index (χ4v) is 2.42. The highest BCUT2D eigenvalue weighted by Crippen LogP contribution is 2.29. The second kappa shape index (κ2) is 4.61. The summed E-state index contributed by atoms with van der Waals surface area (Å²) < 4.78 is 0. The Balaban J connectivity index is 2.15. The molecule has 0 unspecified atom stereocenters. The molecule has 0 saturated heterocycles.